The third-order valence-electron chi connectivity index (χ3n) is 1.68. The molecule has 4 N–H and O–H groups in total. The van der Waals surface area contributed by atoms with Crippen LogP contribution in [0.4, 0.5) is 0 Å². The Kier molecular flexibility index (Phi) is 3.87. The molecule has 7 heteroatoms. The van der Waals surface area contributed by atoms with E-state index in [1.807, 2.05) is 0 Å². The molecule has 0 aliphatic rings. The van der Waals surface area contributed by atoms with Gasteiger partial charge in [-0.3, -0.25) is 4.79 Å². The average Bonchev–Trinajstić information content (AvgIpc) is 2.60. The summed E-state index contributed by atoms with van der Waals surface area (Å²) in [5.41, 5.74) is 0.224. The van der Waals surface area contributed by atoms with Gasteiger partial charge in [0.15, 0.2) is 6.04 Å². The van der Waals surface area contributed by atoms with E-state index >= 15 is 0 Å². The highest BCUT2D eigenvalue weighted by Gasteiger charge is 2.19. The number of carboxylic acid groups (broad SMARTS) is 1. The molecule has 0 aromatic carbocycles. The summed E-state index contributed by atoms with van der Waals surface area (Å²) in [5.74, 6) is -1.86. The number of nitrogens with one attached hydrogen (secondary N) is 2. The molecule has 0 saturated heterocycles. The maximum absolute atomic E-state index is 11.4. The first-order valence-electron chi connectivity index (χ1n) is 4.03. The van der Waals surface area contributed by atoms with Gasteiger partial charge in [0, 0.05) is 10.7 Å². The lowest BCUT2D eigenvalue weighted by Gasteiger charge is -2.10. The molecule has 0 unspecified atom stereocenters. The quantitative estimate of drug-likeness (QED) is 0.619. The molecule has 0 fully saturated rings. The number of aromatic nitrogens is 1. The second-order valence-electron chi connectivity index (χ2n) is 2.78. The van der Waals surface area contributed by atoms with Crippen LogP contribution < -0.4 is 5.32 Å². The molecule has 0 spiro atoms. The van der Waals surface area contributed by atoms with Crippen molar-refractivity contribution in [3.05, 3.63) is 22.4 Å². The number of aliphatic carboxylic acids is 1. The molecule has 0 aliphatic heterocycles. The zero-order valence-electron chi connectivity index (χ0n) is 7.53. The number of hydrogen-bond donors (Lipinski definition) is 4. The molecule has 1 heterocycles. The van der Waals surface area contributed by atoms with Crippen LogP contribution in [0.5, 0.6) is 0 Å². The Morgan fingerprint density at radius 1 is 1.60 bits per heavy atom. The van der Waals surface area contributed by atoms with Crippen LogP contribution in [0.1, 0.15) is 10.5 Å². The van der Waals surface area contributed by atoms with E-state index in [4.69, 9.17) is 10.2 Å². The van der Waals surface area contributed by atoms with Crippen molar-refractivity contribution in [1.29, 1.82) is 0 Å². The van der Waals surface area contributed by atoms with Crippen LogP contribution >= 0.6 is 15.9 Å². The predicted molar refractivity (Wildman–Crippen MR) is 54.5 cm³/mol. The van der Waals surface area contributed by atoms with Gasteiger partial charge in [-0.15, -0.1) is 0 Å². The van der Waals surface area contributed by atoms with E-state index in [1.54, 1.807) is 6.20 Å². The summed E-state index contributed by atoms with van der Waals surface area (Å²) < 4.78 is 0.684. The van der Waals surface area contributed by atoms with E-state index in [2.05, 4.69) is 26.2 Å². The molecular formula is C8H9BrN2O4. The lowest BCUT2D eigenvalue weighted by atomic mass is 10.3. The number of aliphatic hydroxyl groups excluding tert-OH is 1. The van der Waals surface area contributed by atoms with Crippen LogP contribution in [-0.2, 0) is 4.79 Å². The second kappa shape index (κ2) is 4.94. The number of aromatic amines is 1. The van der Waals surface area contributed by atoms with E-state index < -0.39 is 24.5 Å². The van der Waals surface area contributed by atoms with Crippen molar-refractivity contribution in [2.75, 3.05) is 6.61 Å². The molecule has 0 saturated carbocycles. The van der Waals surface area contributed by atoms with Gasteiger partial charge >= 0.3 is 5.97 Å². The number of aliphatic hydroxyl groups is 1. The van der Waals surface area contributed by atoms with Crippen molar-refractivity contribution >= 4 is 27.8 Å². The van der Waals surface area contributed by atoms with E-state index in [0.717, 1.165) is 0 Å². The summed E-state index contributed by atoms with van der Waals surface area (Å²) in [6.45, 7) is -0.650. The van der Waals surface area contributed by atoms with Gasteiger partial charge in [0.2, 0.25) is 0 Å². The Balaban J connectivity index is 2.66. The third kappa shape index (κ3) is 3.07. The minimum Gasteiger partial charge on any atom is -0.480 e. The van der Waals surface area contributed by atoms with Gasteiger partial charge in [-0.2, -0.15) is 0 Å². The van der Waals surface area contributed by atoms with Crippen LogP contribution in [-0.4, -0.2) is 39.7 Å². The zero-order valence-corrected chi connectivity index (χ0v) is 9.11. The van der Waals surface area contributed by atoms with Gasteiger partial charge in [-0.1, -0.05) is 0 Å². The third-order valence-corrected chi connectivity index (χ3v) is 2.14. The normalized spacial score (nSPS) is 12.1. The van der Waals surface area contributed by atoms with E-state index in [1.165, 1.54) is 6.07 Å². The number of halogens is 1. The lowest BCUT2D eigenvalue weighted by molar-refractivity contribution is -0.140. The van der Waals surface area contributed by atoms with Crippen molar-refractivity contribution in [2.24, 2.45) is 0 Å². The number of rotatable bonds is 4. The number of carbonyl (C=O) groups is 2. The number of H-pyrrole nitrogens is 1. The van der Waals surface area contributed by atoms with Crippen molar-refractivity contribution < 1.29 is 19.8 Å². The second-order valence-corrected chi connectivity index (χ2v) is 3.69. The van der Waals surface area contributed by atoms with Gasteiger partial charge in [0.05, 0.1) is 6.61 Å². The monoisotopic (exact) mass is 276 g/mol. The highest BCUT2D eigenvalue weighted by molar-refractivity contribution is 9.10. The topological polar surface area (TPSA) is 102 Å². The van der Waals surface area contributed by atoms with Gasteiger partial charge in [0.25, 0.3) is 5.91 Å². The first-order chi connectivity index (χ1) is 7.04. The molecular weight excluding hydrogens is 268 g/mol. The minimum absolute atomic E-state index is 0.224. The number of carbonyl (C=O) groups excluding carboxylic acids is 1. The maximum atomic E-state index is 11.4. The SMILES string of the molecule is O=C(N[C@@H](CO)C(=O)O)c1cc(Br)c[nH]1. The fourth-order valence-electron chi connectivity index (χ4n) is 0.920. The van der Waals surface area contributed by atoms with Gasteiger partial charge < -0.3 is 20.5 Å². The van der Waals surface area contributed by atoms with Gasteiger partial charge in [-0.25, -0.2) is 4.79 Å². The first kappa shape index (κ1) is 11.7. The Morgan fingerprint density at radius 3 is 2.67 bits per heavy atom. The standard InChI is InChI=1S/C8H9BrN2O4/c9-4-1-5(10-2-4)7(13)11-6(3-12)8(14)15/h1-2,6,10,12H,3H2,(H,11,13)(H,14,15)/t6-/m0/s1. The summed E-state index contributed by atoms with van der Waals surface area (Å²) in [5, 5.41) is 19.4. The van der Waals surface area contributed by atoms with Crippen LogP contribution in [0.2, 0.25) is 0 Å². The Morgan fingerprint density at radius 2 is 2.27 bits per heavy atom. The van der Waals surface area contributed by atoms with E-state index in [-0.39, 0.29) is 5.69 Å². The Hall–Kier alpha value is -1.34. The average molecular weight is 277 g/mol. The van der Waals surface area contributed by atoms with Crippen LogP contribution in [0, 0.1) is 0 Å². The summed E-state index contributed by atoms with van der Waals surface area (Å²) >= 11 is 3.14. The molecule has 1 aromatic rings. The number of hydrogen-bond acceptors (Lipinski definition) is 3. The highest BCUT2D eigenvalue weighted by Crippen LogP contribution is 2.10. The molecule has 1 atom stereocenters. The van der Waals surface area contributed by atoms with E-state index in [0.29, 0.717) is 4.47 Å². The molecule has 0 aliphatic carbocycles. The van der Waals surface area contributed by atoms with Crippen molar-refractivity contribution in [2.45, 2.75) is 6.04 Å². The maximum Gasteiger partial charge on any atom is 0.328 e. The Labute approximate surface area is 93.4 Å². The summed E-state index contributed by atoms with van der Waals surface area (Å²) in [6, 6.07) is 0.214. The lowest BCUT2D eigenvalue weighted by Crippen LogP contribution is -2.43. The molecule has 1 rings (SSSR count). The van der Waals surface area contributed by atoms with E-state index in [9.17, 15) is 9.59 Å². The van der Waals surface area contributed by atoms with Crippen LogP contribution in [0.3, 0.4) is 0 Å². The number of amides is 1. The summed E-state index contributed by atoms with van der Waals surface area (Å²) in [6.07, 6.45) is 1.55. The Bertz CT molecular complexity index is 376. The van der Waals surface area contributed by atoms with Gasteiger partial charge in [-0.05, 0) is 22.0 Å². The number of carboxylic acids is 1. The fourth-order valence-corrected chi connectivity index (χ4v) is 1.26. The smallest absolute Gasteiger partial charge is 0.328 e. The van der Waals surface area contributed by atoms with Crippen molar-refractivity contribution in [1.82, 2.24) is 10.3 Å². The summed E-state index contributed by atoms with van der Waals surface area (Å²) in [4.78, 5) is 24.5. The molecule has 6 nitrogen and oxygen atoms in total. The first-order valence-corrected chi connectivity index (χ1v) is 4.82. The predicted octanol–water partition coefficient (Wildman–Crippen LogP) is -0.0475. The van der Waals surface area contributed by atoms with Crippen molar-refractivity contribution in [3.8, 4) is 0 Å². The molecule has 1 amide bonds. The molecule has 15 heavy (non-hydrogen) atoms. The van der Waals surface area contributed by atoms with Crippen LogP contribution in [0.15, 0.2) is 16.7 Å². The molecule has 82 valence electrons. The van der Waals surface area contributed by atoms with Crippen LogP contribution in [0.25, 0.3) is 0 Å². The molecule has 1 aromatic heterocycles. The summed E-state index contributed by atoms with van der Waals surface area (Å²) in [7, 11) is 0. The molecule has 0 radical (unpaired) electrons. The fraction of sp³-hybridized carbons (Fsp3) is 0.250. The zero-order chi connectivity index (χ0) is 11.4. The minimum atomic E-state index is -1.29. The van der Waals surface area contributed by atoms with Gasteiger partial charge in [0.1, 0.15) is 5.69 Å². The van der Waals surface area contributed by atoms with Crippen molar-refractivity contribution in [3.63, 3.8) is 0 Å². The highest BCUT2D eigenvalue weighted by atomic mass is 79.9. The molecule has 0 bridgehead atoms. The largest absolute Gasteiger partial charge is 0.480 e.